The monoisotopic (exact) mass is 271 g/mol. The molecule has 0 saturated carbocycles. The Kier molecular flexibility index (Phi) is 3.37. The van der Waals surface area contributed by atoms with Crippen LogP contribution in [-0.2, 0) is 6.54 Å². The van der Waals surface area contributed by atoms with Crippen LogP contribution in [0, 0.1) is 0 Å². The molecule has 1 heterocycles. The van der Waals surface area contributed by atoms with Gasteiger partial charge < -0.3 is 10.5 Å². The van der Waals surface area contributed by atoms with E-state index in [2.05, 4.69) is 9.84 Å². The average Bonchev–Trinajstić information content (AvgIpc) is 2.78. The standard InChI is InChI=1S/C12H12F3N3O/c1-2-18-7-8(6-17-18)10-5-9(16)3-4-11(10)19-12(13,14)15/h3-7H,2,16H2,1H3. The molecule has 0 aliphatic carbocycles. The second-order valence-corrected chi connectivity index (χ2v) is 3.89. The Labute approximate surface area is 107 Å². The van der Waals surface area contributed by atoms with Gasteiger partial charge in [0, 0.05) is 29.6 Å². The summed E-state index contributed by atoms with van der Waals surface area (Å²) < 4.78 is 42.6. The Balaban J connectivity index is 2.45. The van der Waals surface area contributed by atoms with Crippen LogP contribution in [0.1, 0.15) is 6.92 Å². The van der Waals surface area contributed by atoms with Crippen LogP contribution in [0.25, 0.3) is 11.1 Å². The zero-order valence-electron chi connectivity index (χ0n) is 10.1. The molecule has 1 aromatic heterocycles. The van der Waals surface area contributed by atoms with Crippen molar-refractivity contribution in [1.29, 1.82) is 0 Å². The molecule has 0 spiro atoms. The summed E-state index contributed by atoms with van der Waals surface area (Å²) in [7, 11) is 0. The number of alkyl halides is 3. The maximum atomic E-state index is 12.3. The summed E-state index contributed by atoms with van der Waals surface area (Å²) in [5.74, 6) is -0.294. The lowest BCUT2D eigenvalue weighted by molar-refractivity contribution is -0.274. The quantitative estimate of drug-likeness (QED) is 0.873. The second-order valence-electron chi connectivity index (χ2n) is 3.89. The van der Waals surface area contributed by atoms with Crippen LogP contribution >= 0.6 is 0 Å². The van der Waals surface area contributed by atoms with Gasteiger partial charge in [-0.15, -0.1) is 13.2 Å². The highest BCUT2D eigenvalue weighted by molar-refractivity contribution is 5.73. The van der Waals surface area contributed by atoms with Crippen LogP contribution in [0.3, 0.4) is 0 Å². The number of aryl methyl sites for hydroxylation is 1. The SMILES string of the molecule is CCn1cc(-c2cc(N)ccc2OC(F)(F)F)cn1. The van der Waals surface area contributed by atoms with E-state index in [0.29, 0.717) is 17.8 Å². The first-order valence-electron chi connectivity index (χ1n) is 5.57. The Bertz CT molecular complexity index is 578. The maximum Gasteiger partial charge on any atom is 0.573 e. The molecule has 0 bridgehead atoms. The van der Waals surface area contributed by atoms with E-state index in [1.54, 1.807) is 10.9 Å². The number of hydrogen-bond acceptors (Lipinski definition) is 3. The van der Waals surface area contributed by atoms with Crippen LogP contribution < -0.4 is 10.5 Å². The van der Waals surface area contributed by atoms with E-state index in [1.807, 2.05) is 6.92 Å². The molecule has 0 aliphatic heterocycles. The summed E-state index contributed by atoms with van der Waals surface area (Å²) in [5.41, 5.74) is 6.74. The van der Waals surface area contributed by atoms with Gasteiger partial charge in [-0.1, -0.05) is 0 Å². The molecule has 2 aromatic rings. The minimum Gasteiger partial charge on any atom is -0.405 e. The molecule has 0 amide bonds. The molecule has 0 unspecified atom stereocenters. The molecule has 0 aliphatic rings. The zero-order chi connectivity index (χ0) is 14.0. The lowest BCUT2D eigenvalue weighted by atomic mass is 10.1. The first kappa shape index (κ1) is 13.3. The van der Waals surface area contributed by atoms with Crippen molar-refractivity contribution in [3.8, 4) is 16.9 Å². The van der Waals surface area contributed by atoms with Crippen molar-refractivity contribution in [3.63, 3.8) is 0 Å². The number of benzene rings is 1. The molecule has 0 atom stereocenters. The molecule has 19 heavy (non-hydrogen) atoms. The molecule has 0 radical (unpaired) electrons. The van der Waals surface area contributed by atoms with Crippen molar-refractivity contribution >= 4 is 5.69 Å². The summed E-state index contributed by atoms with van der Waals surface area (Å²) >= 11 is 0. The number of aromatic nitrogens is 2. The van der Waals surface area contributed by atoms with Gasteiger partial charge in [-0.2, -0.15) is 5.10 Å². The predicted molar refractivity (Wildman–Crippen MR) is 64.4 cm³/mol. The van der Waals surface area contributed by atoms with Crippen molar-refractivity contribution in [2.24, 2.45) is 0 Å². The number of nitrogen functional groups attached to an aromatic ring is 1. The number of nitrogens with zero attached hydrogens (tertiary/aromatic N) is 2. The number of anilines is 1. The topological polar surface area (TPSA) is 53.1 Å². The van der Waals surface area contributed by atoms with Crippen molar-refractivity contribution in [1.82, 2.24) is 9.78 Å². The van der Waals surface area contributed by atoms with Crippen LogP contribution in [0.2, 0.25) is 0 Å². The van der Waals surface area contributed by atoms with Crippen LogP contribution in [-0.4, -0.2) is 16.1 Å². The largest absolute Gasteiger partial charge is 0.573 e. The molecule has 2 N–H and O–H groups in total. The predicted octanol–water partition coefficient (Wildman–Crippen LogP) is 3.05. The molecule has 0 saturated heterocycles. The molecule has 4 nitrogen and oxygen atoms in total. The normalized spacial score (nSPS) is 11.6. The number of halogens is 3. The molecule has 2 rings (SSSR count). The second kappa shape index (κ2) is 4.83. The Morgan fingerprint density at radius 2 is 2.11 bits per heavy atom. The van der Waals surface area contributed by atoms with Gasteiger partial charge in [0.15, 0.2) is 0 Å². The summed E-state index contributed by atoms with van der Waals surface area (Å²) in [4.78, 5) is 0. The Hall–Kier alpha value is -2.18. The van der Waals surface area contributed by atoms with E-state index in [1.165, 1.54) is 24.4 Å². The summed E-state index contributed by atoms with van der Waals surface area (Å²) in [6, 6.07) is 3.98. The summed E-state index contributed by atoms with van der Waals surface area (Å²) in [6.45, 7) is 2.50. The fourth-order valence-corrected chi connectivity index (χ4v) is 1.66. The van der Waals surface area contributed by atoms with Gasteiger partial charge in [-0.3, -0.25) is 4.68 Å². The van der Waals surface area contributed by atoms with Crippen molar-refractivity contribution < 1.29 is 17.9 Å². The zero-order valence-corrected chi connectivity index (χ0v) is 10.1. The van der Waals surface area contributed by atoms with Gasteiger partial charge in [0.1, 0.15) is 5.75 Å². The third kappa shape index (κ3) is 3.18. The lowest BCUT2D eigenvalue weighted by Crippen LogP contribution is -2.17. The highest BCUT2D eigenvalue weighted by Gasteiger charge is 2.32. The molecule has 7 heteroatoms. The number of rotatable bonds is 3. The highest BCUT2D eigenvalue weighted by atomic mass is 19.4. The first-order chi connectivity index (χ1) is 8.89. The van der Waals surface area contributed by atoms with Gasteiger partial charge >= 0.3 is 6.36 Å². The van der Waals surface area contributed by atoms with Crippen molar-refractivity contribution in [2.75, 3.05) is 5.73 Å². The highest BCUT2D eigenvalue weighted by Crippen LogP contribution is 2.35. The third-order valence-corrected chi connectivity index (χ3v) is 2.50. The Morgan fingerprint density at radius 1 is 1.37 bits per heavy atom. The first-order valence-corrected chi connectivity index (χ1v) is 5.57. The Morgan fingerprint density at radius 3 is 2.68 bits per heavy atom. The van der Waals surface area contributed by atoms with Crippen LogP contribution in [0.15, 0.2) is 30.6 Å². The van der Waals surface area contributed by atoms with E-state index in [-0.39, 0.29) is 11.3 Å². The van der Waals surface area contributed by atoms with Crippen molar-refractivity contribution in [3.05, 3.63) is 30.6 Å². The number of nitrogens with two attached hydrogens (primary N) is 1. The number of ether oxygens (including phenoxy) is 1. The fraction of sp³-hybridized carbons (Fsp3) is 0.250. The van der Waals surface area contributed by atoms with Crippen LogP contribution in [0.5, 0.6) is 5.75 Å². The molecule has 1 aromatic carbocycles. The molecule has 102 valence electrons. The van der Waals surface area contributed by atoms with Gasteiger partial charge in [0.05, 0.1) is 6.20 Å². The molecular weight excluding hydrogens is 259 g/mol. The smallest absolute Gasteiger partial charge is 0.405 e. The summed E-state index contributed by atoms with van der Waals surface area (Å²) in [6.07, 6.45) is -1.63. The van der Waals surface area contributed by atoms with Gasteiger partial charge in [-0.05, 0) is 25.1 Å². The van der Waals surface area contributed by atoms with Gasteiger partial charge in [0.2, 0.25) is 0 Å². The fourth-order valence-electron chi connectivity index (χ4n) is 1.66. The number of hydrogen-bond donors (Lipinski definition) is 1. The minimum absolute atomic E-state index is 0.261. The third-order valence-electron chi connectivity index (χ3n) is 2.50. The van der Waals surface area contributed by atoms with E-state index in [9.17, 15) is 13.2 Å². The maximum absolute atomic E-state index is 12.3. The van der Waals surface area contributed by atoms with E-state index in [0.717, 1.165) is 0 Å². The van der Waals surface area contributed by atoms with Crippen LogP contribution in [0.4, 0.5) is 18.9 Å². The molecule has 0 fully saturated rings. The van der Waals surface area contributed by atoms with Crippen molar-refractivity contribution in [2.45, 2.75) is 19.8 Å². The van der Waals surface area contributed by atoms with E-state index < -0.39 is 6.36 Å². The minimum atomic E-state index is -4.74. The summed E-state index contributed by atoms with van der Waals surface area (Å²) in [5, 5.41) is 4.02. The van der Waals surface area contributed by atoms with Gasteiger partial charge in [-0.25, -0.2) is 0 Å². The molecular formula is C12H12F3N3O. The van der Waals surface area contributed by atoms with E-state index in [4.69, 9.17) is 5.73 Å². The van der Waals surface area contributed by atoms with E-state index >= 15 is 0 Å². The average molecular weight is 271 g/mol. The van der Waals surface area contributed by atoms with Gasteiger partial charge in [0.25, 0.3) is 0 Å². The lowest BCUT2D eigenvalue weighted by Gasteiger charge is -2.12.